The average molecular weight is 307 g/mol. The number of nitrogens with zero attached hydrogens (tertiary/aromatic N) is 2. The van der Waals surface area contributed by atoms with Crippen molar-refractivity contribution >= 4 is 11.6 Å². The van der Waals surface area contributed by atoms with Gasteiger partial charge in [-0.25, -0.2) is 0 Å². The lowest BCUT2D eigenvalue weighted by Gasteiger charge is -2.17. The molecule has 0 fully saturated rings. The molecule has 5 heteroatoms. The number of amides is 1. The van der Waals surface area contributed by atoms with E-state index in [0.29, 0.717) is 23.6 Å². The molecule has 2 heterocycles. The van der Waals surface area contributed by atoms with E-state index in [4.69, 9.17) is 4.42 Å². The van der Waals surface area contributed by atoms with Gasteiger partial charge in [-0.3, -0.25) is 4.79 Å². The fourth-order valence-corrected chi connectivity index (χ4v) is 2.68. The van der Waals surface area contributed by atoms with E-state index in [1.54, 1.807) is 29.4 Å². The third kappa shape index (κ3) is 2.97. The van der Waals surface area contributed by atoms with Crippen LogP contribution in [0.25, 0.3) is 11.3 Å². The van der Waals surface area contributed by atoms with Gasteiger partial charge in [0, 0.05) is 23.9 Å². The number of hydrogen-bond donors (Lipinski definition) is 1. The minimum atomic E-state index is 0.00309. The van der Waals surface area contributed by atoms with Gasteiger partial charge in [-0.2, -0.15) is 5.26 Å². The molecule has 0 spiro atoms. The summed E-state index contributed by atoms with van der Waals surface area (Å²) in [7, 11) is 0. The summed E-state index contributed by atoms with van der Waals surface area (Å²) in [5.41, 5.74) is 2.78. The Labute approximate surface area is 134 Å². The molecule has 3 rings (SSSR count). The van der Waals surface area contributed by atoms with Gasteiger partial charge in [-0.05, 0) is 30.7 Å². The molecule has 116 valence electrons. The second-order valence-corrected chi connectivity index (χ2v) is 5.37. The number of nitriles is 1. The molecule has 1 N–H and O–H groups in total. The van der Waals surface area contributed by atoms with Crippen LogP contribution in [0, 0.1) is 11.3 Å². The maximum absolute atomic E-state index is 12.0. The molecule has 1 aliphatic heterocycles. The summed E-state index contributed by atoms with van der Waals surface area (Å²) >= 11 is 0. The normalized spacial score (nSPS) is 13.8. The van der Waals surface area contributed by atoms with Crippen molar-refractivity contribution in [1.82, 2.24) is 4.90 Å². The van der Waals surface area contributed by atoms with Gasteiger partial charge in [0.1, 0.15) is 11.8 Å². The summed E-state index contributed by atoms with van der Waals surface area (Å²) < 4.78 is 5.46. The van der Waals surface area contributed by atoms with Crippen LogP contribution < -0.4 is 5.32 Å². The van der Waals surface area contributed by atoms with Crippen LogP contribution in [0.1, 0.15) is 18.9 Å². The van der Waals surface area contributed by atoms with Crippen molar-refractivity contribution in [3.05, 3.63) is 53.9 Å². The zero-order chi connectivity index (χ0) is 16.2. The molecule has 0 saturated heterocycles. The molecule has 0 saturated carbocycles. The van der Waals surface area contributed by atoms with E-state index in [1.165, 1.54) is 0 Å². The van der Waals surface area contributed by atoms with Gasteiger partial charge in [0.2, 0.25) is 5.91 Å². The summed E-state index contributed by atoms with van der Waals surface area (Å²) in [6.07, 6.45) is 4.11. The lowest BCUT2D eigenvalue weighted by atomic mass is 10.1. The Kier molecular flexibility index (Phi) is 4.15. The van der Waals surface area contributed by atoms with Gasteiger partial charge in [0.25, 0.3) is 0 Å². The van der Waals surface area contributed by atoms with E-state index in [2.05, 4.69) is 11.4 Å². The van der Waals surface area contributed by atoms with Gasteiger partial charge in [-0.1, -0.05) is 13.0 Å². The SMILES string of the molecule is CCCN1CC(Nc2c(C#N)cccc2-c2ccco2)=CC1=O. The van der Waals surface area contributed by atoms with E-state index >= 15 is 0 Å². The van der Waals surface area contributed by atoms with Gasteiger partial charge in [0.05, 0.1) is 24.1 Å². The number of nitrogens with one attached hydrogen (secondary N) is 1. The molecule has 0 aliphatic carbocycles. The smallest absolute Gasteiger partial charge is 0.248 e. The Balaban J connectivity index is 1.93. The Morgan fingerprint density at radius 3 is 2.91 bits per heavy atom. The molecular formula is C18H17N3O2. The Morgan fingerprint density at radius 1 is 1.35 bits per heavy atom. The highest BCUT2D eigenvalue weighted by atomic mass is 16.3. The second-order valence-electron chi connectivity index (χ2n) is 5.37. The molecule has 0 radical (unpaired) electrons. The molecule has 0 unspecified atom stereocenters. The highest BCUT2D eigenvalue weighted by Crippen LogP contribution is 2.32. The molecule has 0 atom stereocenters. The van der Waals surface area contributed by atoms with Crippen molar-refractivity contribution in [3.8, 4) is 17.4 Å². The molecule has 1 aromatic heterocycles. The van der Waals surface area contributed by atoms with E-state index in [0.717, 1.165) is 24.2 Å². The largest absolute Gasteiger partial charge is 0.464 e. The number of furan rings is 1. The number of carbonyl (C=O) groups excluding carboxylic acids is 1. The lowest BCUT2D eigenvalue weighted by Crippen LogP contribution is -2.27. The maximum atomic E-state index is 12.0. The number of hydrogen-bond acceptors (Lipinski definition) is 4. The van der Waals surface area contributed by atoms with Crippen LogP contribution in [0.15, 0.2) is 52.8 Å². The number of rotatable bonds is 5. The monoisotopic (exact) mass is 307 g/mol. The van der Waals surface area contributed by atoms with E-state index in [-0.39, 0.29) is 5.91 Å². The Bertz CT molecular complexity index is 785. The molecule has 1 aliphatic rings. The van der Waals surface area contributed by atoms with Crippen molar-refractivity contribution in [2.24, 2.45) is 0 Å². The zero-order valence-electron chi connectivity index (χ0n) is 12.9. The van der Waals surface area contributed by atoms with Crippen molar-refractivity contribution in [2.45, 2.75) is 13.3 Å². The minimum Gasteiger partial charge on any atom is -0.464 e. The number of anilines is 1. The summed E-state index contributed by atoms with van der Waals surface area (Å²) in [5.74, 6) is 0.684. The standard InChI is InChI=1S/C18H17N3O2/c1-2-8-21-12-14(10-17(21)22)20-18-13(11-19)5-3-6-15(18)16-7-4-9-23-16/h3-7,9-10,20H,2,8,12H2,1H3. The van der Waals surface area contributed by atoms with Crippen LogP contribution in [0.3, 0.4) is 0 Å². The summed E-state index contributed by atoms with van der Waals surface area (Å²) in [6, 6.07) is 11.3. The van der Waals surface area contributed by atoms with Crippen molar-refractivity contribution in [1.29, 1.82) is 5.26 Å². The van der Waals surface area contributed by atoms with Gasteiger partial charge < -0.3 is 14.6 Å². The van der Waals surface area contributed by atoms with E-state index in [1.807, 2.05) is 25.1 Å². The number of carbonyl (C=O) groups is 1. The van der Waals surface area contributed by atoms with Crippen LogP contribution in [0.5, 0.6) is 0 Å². The first-order valence-electron chi connectivity index (χ1n) is 7.56. The lowest BCUT2D eigenvalue weighted by molar-refractivity contribution is -0.124. The summed E-state index contributed by atoms with van der Waals surface area (Å²) in [5, 5.41) is 12.6. The second kappa shape index (κ2) is 6.41. The average Bonchev–Trinajstić information content (AvgIpc) is 3.19. The molecule has 23 heavy (non-hydrogen) atoms. The van der Waals surface area contributed by atoms with Gasteiger partial charge in [0.15, 0.2) is 0 Å². The third-order valence-corrected chi connectivity index (χ3v) is 3.72. The quantitative estimate of drug-likeness (QED) is 0.919. The number of benzene rings is 1. The van der Waals surface area contributed by atoms with Crippen molar-refractivity contribution in [3.63, 3.8) is 0 Å². The number of para-hydroxylation sites is 1. The van der Waals surface area contributed by atoms with Crippen LogP contribution in [0.4, 0.5) is 5.69 Å². The van der Waals surface area contributed by atoms with Gasteiger partial charge in [-0.15, -0.1) is 0 Å². The topological polar surface area (TPSA) is 69.3 Å². The highest BCUT2D eigenvalue weighted by Gasteiger charge is 2.22. The highest BCUT2D eigenvalue weighted by molar-refractivity contribution is 5.93. The molecule has 1 aromatic carbocycles. The van der Waals surface area contributed by atoms with Crippen molar-refractivity contribution in [2.75, 3.05) is 18.4 Å². The summed E-state index contributed by atoms with van der Waals surface area (Å²) in [4.78, 5) is 13.7. The van der Waals surface area contributed by atoms with Crippen LogP contribution >= 0.6 is 0 Å². The van der Waals surface area contributed by atoms with Crippen molar-refractivity contribution < 1.29 is 9.21 Å². The van der Waals surface area contributed by atoms with Crippen LogP contribution in [-0.4, -0.2) is 23.9 Å². The Morgan fingerprint density at radius 2 is 2.22 bits per heavy atom. The molecule has 0 bridgehead atoms. The van der Waals surface area contributed by atoms with E-state index < -0.39 is 0 Å². The van der Waals surface area contributed by atoms with Crippen LogP contribution in [0.2, 0.25) is 0 Å². The third-order valence-electron chi connectivity index (χ3n) is 3.72. The molecular weight excluding hydrogens is 290 g/mol. The first-order chi connectivity index (χ1) is 11.2. The molecule has 2 aromatic rings. The first-order valence-corrected chi connectivity index (χ1v) is 7.56. The molecule has 1 amide bonds. The fraction of sp³-hybridized carbons (Fsp3) is 0.222. The minimum absolute atomic E-state index is 0.00309. The van der Waals surface area contributed by atoms with Gasteiger partial charge >= 0.3 is 0 Å². The fourth-order valence-electron chi connectivity index (χ4n) is 2.68. The van der Waals surface area contributed by atoms with Crippen LogP contribution in [-0.2, 0) is 4.79 Å². The van der Waals surface area contributed by atoms with E-state index in [9.17, 15) is 10.1 Å². The first kappa shape index (κ1) is 14.9. The Hall–Kier alpha value is -3.00. The predicted octanol–water partition coefficient (Wildman–Crippen LogP) is 3.37. The zero-order valence-corrected chi connectivity index (χ0v) is 12.9. The maximum Gasteiger partial charge on any atom is 0.248 e. The summed E-state index contributed by atoms with van der Waals surface area (Å²) in [6.45, 7) is 3.30. The molecule has 5 nitrogen and oxygen atoms in total. The predicted molar refractivity (Wildman–Crippen MR) is 87.4 cm³/mol.